The predicted octanol–water partition coefficient (Wildman–Crippen LogP) is 2.11. The predicted molar refractivity (Wildman–Crippen MR) is 88.3 cm³/mol. The summed E-state index contributed by atoms with van der Waals surface area (Å²) < 4.78 is 7.59. The van der Waals surface area contributed by atoms with Gasteiger partial charge in [-0.3, -0.25) is 4.79 Å². The number of thiophene rings is 1. The topological polar surface area (TPSA) is 60.3 Å². The number of aryl methyl sites for hydroxylation is 3. The normalized spacial score (nSPS) is 18.3. The zero-order valence-electron chi connectivity index (χ0n) is 13.6. The number of ether oxygens (including phenoxy) is 1. The molecule has 1 atom stereocenters. The largest absolute Gasteiger partial charge is 0.366 e. The van der Waals surface area contributed by atoms with E-state index in [9.17, 15) is 4.79 Å². The van der Waals surface area contributed by atoms with Crippen molar-refractivity contribution in [2.45, 2.75) is 32.3 Å². The average molecular weight is 334 g/mol. The van der Waals surface area contributed by atoms with Crippen molar-refractivity contribution in [3.8, 4) is 0 Å². The van der Waals surface area contributed by atoms with Gasteiger partial charge in [0.1, 0.15) is 12.4 Å². The Balaban J connectivity index is 1.50. The highest BCUT2D eigenvalue weighted by atomic mass is 32.1. The number of nitrogens with zero attached hydrogens (tertiary/aromatic N) is 4. The third-order valence-electron chi connectivity index (χ3n) is 4.06. The molecule has 0 spiro atoms. The molecule has 1 amide bonds. The lowest BCUT2D eigenvalue weighted by atomic mass is 10.1. The van der Waals surface area contributed by atoms with Crippen LogP contribution in [0.2, 0.25) is 0 Å². The molecule has 0 unspecified atom stereocenters. The van der Waals surface area contributed by atoms with Gasteiger partial charge in [-0.1, -0.05) is 0 Å². The SMILES string of the molecule is Cc1ccc(CCCC(=O)N2CCO[C@@H](c3nncn3C)C2)s1. The number of carbonyl (C=O) groups is 1. The van der Waals surface area contributed by atoms with Gasteiger partial charge < -0.3 is 14.2 Å². The summed E-state index contributed by atoms with van der Waals surface area (Å²) in [5.74, 6) is 0.977. The zero-order chi connectivity index (χ0) is 16.2. The van der Waals surface area contributed by atoms with Crippen molar-refractivity contribution in [1.29, 1.82) is 0 Å². The van der Waals surface area contributed by atoms with E-state index in [0.29, 0.717) is 26.1 Å². The van der Waals surface area contributed by atoms with Gasteiger partial charge in [-0.05, 0) is 31.9 Å². The summed E-state index contributed by atoms with van der Waals surface area (Å²) in [4.78, 5) is 17.0. The van der Waals surface area contributed by atoms with Crippen LogP contribution in [0.1, 0.15) is 34.5 Å². The molecule has 0 N–H and O–H groups in total. The molecule has 124 valence electrons. The lowest BCUT2D eigenvalue weighted by Crippen LogP contribution is -2.42. The minimum Gasteiger partial charge on any atom is -0.366 e. The highest BCUT2D eigenvalue weighted by Crippen LogP contribution is 2.21. The van der Waals surface area contributed by atoms with Gasteiger partial charge in [0.25, 0.3) is 0 Å². The van der Waals surface area contributed by atoms with Crippen molar-refractivity contribution in [3.05, 3.63) is 34.0 Å². The Morgan fingerprint density at radius 2 is 2.35 bits per heavy atom. The van der Waals surface area contributed by atoms with Crippen LogP contribution in [0.3, 0.4) is 0 Å². The van der Waals surface area contributed by atoms with Crippen LogP contribution in [0, 0.1) is 6.92 Å². The Bertz CT molecular complexity index is 667. The highest BCUT2D eigenvalue weighted by Gasteiger charge is 2.27. The maximum Gasteiger partial charge on any atom is 0.222 e. The van der Waals surface area contributed by atoms with E-state index in [1.165, 1.54) is 9.75 Å². The van der Waals surface area contributed by atoms with Gasteiger partial charge in [-0.15, -0.1) is 21.5 Å². The number of carbonyl (C=O) groups excluding carboxylic acids is 1. The molecule has 1 aliphatic rings. The molecule has 0 aromatic carbocycles. The van der Waals surface area contributed by atoms with Gasteiger partial charge in [-0.2, -0.15) is 0 Å². The van der Waals surface area contributed by atoms with Crippen molar-refractivity contribution < 1.29 is 9.53 Å². The second-order valence-electron chi connectivity index (χ2n) is 5.87. The van der Waals surface area contributed by atoms with Crippen LogP contribution in [0.25, 0.3) is 0 Å². The van der Waals surface area contributed by atoms with Gasteiger partial charge in [0, 0.05) is 29.8 Å². The van der Waals surface area contributed by atoms with Crippen LogP contribution in [0.15, 0.2) is 18.5 Å². The first kappa shape index (κ1) is 16.1. The number of rotatable bonds is 5. The van der Waals surface area contributed by atoms with Crippen LogP contribution in [0.5, 0.6) is 0 Å². The van der Waals surface area contributed by atoms with Crippen LogP contribution in [-0.4, -0.2) is 45.3 Å². The number of amides is 1. The minimum absolute atomic E-state index is 0.180. The Labute approximate surface area is 140 Å². The molecule has 23 heavy (non-hydrogen) atoms. The lowest BCUT2D eigenvalue weighted by molar-refractivity contribution is -0.139. The summed E-state index contributed by atoms with van der Waals surface area (Å²) in [5, 5.41) is 7.97. The summed E-state index contributed by atoms with van der Waals surface area (Å²) >= 11 is 1.81. The molecular formula is C16H22N4O2S. The van der Waals surface area contributed by atoms with E-state index < -0.39 is 0 Å². The molecule has 0 bridgehead atoms. The molecule has 3 rings (SSSR count). The first-order valence-electron chi connectivity index (χ1n) is 7.92. The van der Waals surface area contributed by atoms with Gasteiger partial charge in [-0.25, -0.2) is 0 Å². The number of hydrogen-bond acceptors (Lipinski definition) is 5. The maximum atomic E-state index is 12.4. The van der Waals surface area contributed by atoms with Crippen molar-refractivity contribution in [2.24, 2.45) is 7.05 Å². The lowest BCUT2D eigenvalue weighted by Gasteiger charge is -2.32. The Morgan fingerprint density at radius 1 is 1.48 bits per heavy atom. The van der Waals surface area contributed by atoms with E-state index >= 15 is 0 Å². The van der Waals surface area contributed by atoms with E-state index in [1.807, 2.05) is 27.9 Å². The zero-order valence-corrected chi connectivity index (χ0v) is 14.4. The van der Waals surface area contributed by atoms with Gasteiger partial charge in [0.05, 0.1) is 13.2 Å². The molecule has 7 heteroatoms. The fraction of sp³-hybridized carbons (Fsp3) is 0.562. The van der Waals surface area contributed by atoms with Crippen LogP contribution < -0.4 is 0 Å². The molecular weight excluding hydrogens is 312 g/mol. The van der Waals surface area contributed by atoms with Crippen molar-refractivity contribution >= 4 is 17.2 Å². The summed E-state index contributed by atoms with van der Waals surface area (Å²) in [7, 11) is 1.89. The number of hydrogen-bond donors (Lipinski definition) is 0. The first-order valence-corrected chi connectivity index (χ1v) is 8.73. The summed E-state index contributed by atoms with van der Waals surface area (Å²) in [5.41, 5.74) is 0. The van der Waals surface area contributed by atoms with E-state index in [-0.39, 0.29) is 12.0 Å². The summed E-state index contributed by atoms with van der Waals surface area (Å²) in [6.07, 6.45) is 3.93. The van der Waals surface area contributed by atoms with Crippen LogP contribution in [-0.2, 0) is 23.0 Å². The second kappa shape index (κ2) is 7.23. The number of aromatic nitrogens is 3. The van der Waals surface area contributed by atoms with Gasteiger partial charge in [0.15, 0.2) is 5.82 Å². The van der Waals surface area contributed by atoms with Gasteiger partial charge in [0.2, 0.25) is 5.91 Å². The van der Waals surface area contributed by atoms with Crippen LogP contribution >= 0.6 is 11.3 Å². The fourth-order valence-corrected chi connectivity index (χ4v) is 3.74. The Hall–Kier alpha value is -1.73. The monoisotopic (exact) mass is 334 g/mol. The molecule has 3 heterocycles. The molecule has 6 nitrogen and oxygen atoms in total. The smallest absolute Gasteiger partial charge is 0.222 e. The second-order valence-corrected chi connectivity index (χ2v) is 7.24. The van der Waals surface area contributed by atoms with Crippen molar-refractivity contribution in [2.75, 3.05) is 19.7 Å². The van der Waals surface area contributed by atoms with Gasteiger partial charge >= 0.3 is 0 Å². The van der Waals surface area contributed by atoms with Crippen LogP contribution in [0.4, 0.5) is 0 Å². The maximum absolute atomic E-state index is 12.4. The Kier molecular flexibility index (Phi) is 5.07. The average Bonchev–Trinajstić information content (AvgIpc) is 3.16. The molecule has 1 saturated heterocycles. The third kappa shape index (κ3) is 3.97. The highest BCUT2D eigenvalue weighted by molar-refractivity contribution is 7.11. The molecule has 1 fully saturated rings. The quantitative estimate of drug-likeness (QED) is 0.840. The molecule has 0 aliphatic carbocycles. The van der Waals surface area contributed by atoms with E-state index in [2.05, 4.69) is 29.3 Å². The third-order valence-corrected chi connectivity index (χ3v) is 5.12. The molecule has 2 aromatic heterocycles. The van der Waals surface area contributed by atoms with Crippen molar-refractivity contribution in [1.82, 2.24) is 19.7 Å². The van der Waals surface area contributed by atoms with E-state index in [0.717, 1.165) is 18.7 Å². The molecule has 0 radical (unpaired) electrons. The molecule has 1 aliphatic heterocycles. The summed E-state index contributed by atoms with van der Waals surface area (Å²) in [6.45, 7) is 3.88. The fourth-order valence-electron chi connectivity index (χ4n) is 2.81. The van der Waals surface area contributed by atoms with Crippen molar-refractivity contribution in [3.63, 3.8) is 0 Å². The Morgan fingerprint density at radius 3 is 3.04 bits per heavy atom. The number of morpholine rings is 1. The van der Waals surface area contributed by atoms with E-state index in [1.54, 1.807) is 6.33 Å². The minimum atomic E-state index is -0.180. The summed E-state index contributed by atoms with van der Waals surface area (Å²) in [6, 6.07) is 4.29. The standard InChI is InChI=1S/C16H22N4O2S/c1-12-6-7-13(23-12)4-3-5-15(21)20-8-9-22-14(10-20)16-18-17-11-19(16)2/h6-7,11,14H,3-5,8-10H2,1-2H3/t14-/m1/s1. The van der Waals surface area contributed by atoms with E-state index in [4.69, 9.17) is 4.74 Å². The molecule has 2 aromatic rings. The molecule has 0 saturated carbocycles. The first-order chi connectivity index (χ1) is 11.1.